The summed E-state index contributed by atoms with van der Waals surface area (Å²) < 4.78 is 26.6. The van der Waals surface area contributed by atoms with Gasteiger partial charge >= 0.3 is 0 Å². The fourth-order valence-electron chi connectivity index (χ4n) is 4.07. The fraction of sp³-hybridized carbons (Fsp3) is 0.667. The van der Waals surface area contributed by atoms with Gasteiger partial charge in [-0.1, -0.05) is 43.7 Å². The molecule has 1 aromatic carbocycles. The summed E-state index contributed by atoms with van der Waals surface area (Å²) in [4.78, 5) is 29.3. The van der Waals surface area contributed by atoms with Crippen LogP contribution >= 0.6 is 11.6 Å². The minimum atomic E-state index is -3.50. The van der Waals surface area contributed by atoms with E-state index in [-0.39, 0.29) is 36.1 Å². The van der Waals surface area contributed by atoms with Gasteiger partial charge in [0.25, 0.3) is 0 Å². The average molecular weight is 500 g/mol. The van der Waals surface area contributed by atoms with E-state index in [1.807, 2.05) is 45.0 Å². The fourth-order valence-corrected chi connectivity index (χ4v) is 5.40. The van der Waals surface area contributed by atoms with Crippen LogP contribution in [0.3, 0.4) is 0 Å². The second-order valence-electron chi connectivity index (χ2n) is 9.27. The summed E-state index contributed by atoms with van der Waals surface area (Å²) in [5, 5.41) is -0.573. The van der Waals surface area contributed by atoms with Crippen molar-refractivity contribution in [1.82, 2.24) is 14.1 Å². The molecule has 0 N–H and O–H groups in total. The lowest BCUT2D eigenvalue weighted by molar-refractivity contribution is -0.137. The number of halogens is 1. The van der Waals surface area contributed by atoms with Crippen molar-refractivity contribution >= 4 is 33.4 Å². The van der Waals surface area contributed by atoms with Gasteiger partial charge in [0.15, 0.2) is 0 Å². The molecule has 7 nitrogen and oxygen atoms in total. The first-order chi connectivity index (χ1) is 15.4. The number of carbonyl (C=O) groups is 2. The molecule has 1 saturated heterocycles. The van der Waals surface area contributed by atoms with Crippen molar-refractivity contribution in [2.45, 2.75) is 65.4 Å². The van der Waals surface area contributed by atoms with Crippen LogP contribution in [-0.2, 0) is 26.2 Å². The summed E-state index contributed by atoms with van der Waals surface area (Å²) in [7, 11) is -3.50. The molecule has 1 aliphatic rings. The molecule has 1 heterocycles. The maximum atomic E-state index is 13.5. The number of sulfonamides is 1. The number of alkyl halides is 1. The Labute approximate surface area is 204 Å². The SMILES string of the molecule is CCS(=O)(=O)N(CC(=O)N(Cc1ccc(C)cc1)C1CCN(C(=O)[C@H](C)Cl)CC1)CC(C)C. The average Bonchev–Trinajstić information content (AvgIpc) is 2.77. The van der Waals surface area contributed by atoms with Crippen molar-refractivity contribution in [2.75, 3.05) is 31.9 Å². The van der Waals surface area contributed by atoms with Gasteiger partial charge in [-0.25, -0.2) is 8.42 Å². The predicted octanol–water partition coefficient (Wildman–Crippen LogP) is 3.25. The topological polar surface area (TPSA) is 78.0 Å². The molecular weight excluding hydrogens is 462 g/mol. The molecule has 0 spiro atoms. The van der Waals surface area contributed by atoms with Gasteiger partial charge in [0.2, 0.25) is 21.8 Å². The van der Waals surface area contributed by atoms with E-state index in [2.05, 4.69) is 0 Å². The third kappa shape index (κ3) is 7.97. The normalized spacial score (nSPS) is 16.3. The van der Waals surface area contributed by atoms with Gasteiger partial charge in [0.1, 0.15) is 5.38 Å². The van der Waals surface area contributed by atoms with E-state index in [9.17, 15) is 18.0 Å². The molecule has 0 unspecified atom stereocenters. The highest BCUT2D eigenvalue weighted by Crippen LogP contribution is 2.22. The van der Waals surface area contributed by atoms with Gasteiger partial charge < -0.3 is 9.80 Å². The van der Waals surface area contributed by atoms with E-state index in [4.69, 9.17) is 11.6 Å². The van der Waals surface area contributed by atoms with Crippen LogP contribution in [-0.4, -0.2) is 77.7 Å². The predicted molar refractivity (Wildman–Crippen MR) is 133 cm³/mol. The van der Waals surface area contributed by atoms with Gasteiger partial charge in [-0.05, 0) is 45.1 Å². The lowest BCUT2D eigenvalue weighted by atomic mass is 10.0. The quantitative estimate of drug-likeness (QED) is 0.463. The highest BCUT2D eigenvalue weighted by atomic mass is 35.5. The van der Waals surface area contributed by atoms with E-state index in [0.29, 0.717) is 39.0 Å². The number of hydrogen-bond acceptors (Lipinski definition) is 4. The molecule has 2 amide bonds. The Morgan fingerprint density at radius 3 is 2.18 bits per heavy atom. The van der Waals surface area contributed by atoms with E-state index < -0.39 is 15.4 Å². The van der Waals surface area contributed by atoms with Crippen LogP contribution in [0.5, 0.6) is 0 Å². The lowest BCUT2D eigenvalue weighted by Gasteiger charge is -2.39. The summed E-state index contributed by atoms with van der Waals surface area (Å²) in [6.45, 7) is 10.8. The van der Waals surface area contributed by atoms with Crippen molar-refractivity contribution in [3.63, 3.8) is 0 Å². The monoisotopic (exact) mass is 499 g/mol. The van der Waals surface area contributed by atoms with Crippen LogP contribution in [0, 0.1) is 12.8 Å². The van der Waals surface area contributed by atoms with E-state index in [0.717, 1.165) is 11.1 Å². The Balaban J connectivity index is 2.23. The largest absolute Gasteiger partial charge is 0.341 e. The molecule has 1 aromatic rings. The Morgan fingerprint density at radius 1 is 1.12 bits per heavy atom. The molecule has 0 aromatic heterocycles. The first-order valence-electron chi connectivity index (χ1n) is 11.7. The Hall–Kier alpha value is -1.64. The zero-order valence-electron chi connectivity index (χ0n) is 20.5. The number of piperidine rings is 1. The van der Waals surface area contributed by atoms with Crippen LogP contribution in [0.4, 0.5) is 0 Å². The summed E-state index contributed by atoms with van der Waals surface area (Å²) in [6, 6.07) is 7.94. The van der Waals surface area contributed by atoms with Crippen molar-refractivity contribution in [3.8, 4) is 0 Å². The molecule has 1 atom stereocenters. The molecule has 33 heavy (non-hydrogen) atoms. The van der Waals surface area contributed by atoms with Gasteiger partial charge in [0, 0.05) is 32.2 Å². The van der Waals surface area contributed by atoms with Gasteiger partial charge in [0.05, 0.1) is 12.3 Å². The lowest BCUT2D eigenvalue weighted by Crippen LogP contribution is -2.52. The number of nitrogens with zero attached hydrogens (tertiary/aromatic N) is 3. The van der Waals surface area contributed by atoms with Crippen LogP contribution in [0.1, 0.15) is 51.7 Å². The maximum Gasteiger partial charge on any atom is 0.240 e. The number of amides is 2. The molecule has 1 fully saturated rings. The minimum Gasteiger partial charge on any atom is -0.341 e. The molecule has 186 valence electrons. The van der Waals surface area contributed by atoms with Gasteiger partial charge in [-0.15, -0.1) is 11.6 Å². The zero-order chi connectivity index (χ0) is 24.8. The number of aryl methyl sites for hydroxylation is 1. The summed E-state index contributed by atoms with van der Waals surface area (Å²) in [6.07, 6.45) is 1.27. The first kappa shape index (κ1) is 27.6. The first-order valence-corrected chi connectivity index (χ1v) is 13.7. The second-order valence-corrected chi connectivity index (χ2v) is 12.2. The van der Waals surface area contributed by atoms with Crippen LogP contribution in [0.2, 0.25) is 0 Å². The maximum absolute atomic E-state index is 13.5. The molecule has 2 rings (SSSR count). The van der Waals surface area contributed by atoms with Crippen molar-refractivity contribution in [1.29, 1.82) is 0 Å². The highest BCUT2D eigenvalue weighted by molar-refractivity contribution is 7.89. The zero-order valence-corrected chi connectivity index (χ0v) is 22.0. The summed E-state index contributed by atoms with van der Waals surface area (Å²) in [5.74, 6) is -0.230. The van der Waals surface area contributed by atoms with Crippen LogP contribution in [0.15, 0.2) is 24.3 Å². The van der Waals surface area contributed by atoms with Crippen LogP contribution < -0.4 is 0 Å². The molecular formula is C24H38ClN3O4S. The summed E-state index contributed by atoms with van der Waals surface area (Å²) >= 11 is 5.97. The van der Waals surface area contributed by atoms with Crippen LogP contribution in [0.25, 0.3) is 0 Å². The summed E-state index contributed by atoms with van der Waals surface area (Å²) in [5.41, 5.74) is 2.13. The Kier molecular flexibility index (Phi) is 10.2. The Bertz CT molecular complexity index is 895. The van der Waals surface area contributed by atoms with Crippen molar-refractivity contribution in [3.05, 3.63) is 35.4 Å². The third-order valence-electron chi connectivity index (χ3n) is 5.99. The molecule has 9 heteroatoms. The van der Waals surface area contributed by atoms with E-state index in [1.54, 1.807) is 23.6 Å². The number of benzene rings is 1. The number of likely N-dealkylation sites (tertiary alicyclic amines) is 1. The molecule has 1 aliphatic heterocycles. The second kappa shape index (κ2) is 12.2. The minimum absolute atomic E-state index is 0.0396. The van der Waals surface area contributed by atoms with Crippen molar-refractivity contribution in [2.24, 2.45) is 5.92 Å². The number of rotatable bonds is 10. The Morgan fingerprint density at radius 2 is 1.70 bits per heavy atom. The van der Waals surface area contributed by atoms with E-state index >= 15 is 0 Å². The van der Waals surface area contributed by atoms with Gasteiger partial charge in [-0.2, -0.15) is 4.31 Å². The molecule has 0 bridgehead atoms. The standard InChI is InChI=1S/C24H38ClN3O4S/c1-6-33(31,32)27(15-18(2)3)17-23(29)28(16-21-9-7-19(4)8-10-21)22-11-13-26(14-12-22)24(30)20(5)25/h7-10,18,20,22H,6,11-17H2,1-5H3/t20-/m0/s1. The smallest absolute Gasteiger partial charge is 0.240 e. The van der Waals surface area contributed by atoms with Crippen molar-refractivity contribution < 1.29 is 18.0 Å². The van der Waals surface area contributed by atoms with Gasteiger partial charge in [-0.3, -0.25) is 9.59 Å². The number of carbonyl (C=O) groups excluding carboxylic acids is 2. The number of hydrogen-bond donors (Lipinski definition) is 0. The molecule has 0 radical (unpaired) electrons. The van der Waals surface area contributed by atoms with E-state index in [1.165, 1.54) is 4.31 Å². The molecule has 0 saturated carbocycles. The molecule has 0 aliphatic carbocycles. The third-order valence-corrected chi connectivity index (χ3v) is 7.97. The highest BCUT2D eigenvalue weighted by Gasteiger charge is 2.33.